The van der Waals surface area contributed by atoms with Gasteiger partial charge in [-0.1, -0.05) is 35.3 Å². The number of hydrogen-bond donors (Lipinski definition) is 0. The van der Waals surface area contributed by atoms with E-state index in [0.717, 1.165) is 0 Å². The van der Waals surface area contributed by atoms with Crippen molar-refractivity contribution in [3.05, 3.63) is 58.1 Å². The fourth-order valence-electron chi connectivity index (χ4n) is 3.06. The molecule has 0 aromatic heterocycles. The summed E-state index contributed by atoms with van der Waals surface area (Å²) >= 11 is 12.0. The Balaban J connectivity index is 1.85. The van der Waals surface area contributed by atoms with Crippen molar-refractivity contribution in [2.45, 2.75) is 13.0 Å². The number of para-hydroxylation sites is 2. The van der Waals surface area contributed by atoms with Crippen molar-refractivity contribution in [2.75, 3.05) is 25.1 Å². The summed E-state index contributed by atoms with van der Waals surface area (Å²) in [7, 11) is 1.56. The molecule has 1 aliphatic rings. The molecule has 0 radical (unpaired) electrons. The molecule has 0 unspecified atom stereocenters. The first-order valence-electron chi connectivity index (χ1n) is 8.14. The zero-order chi connectivity index (χ0) is 18.8. The van der Waals surface area contributed by atoms with Gasteiger partial charge in [-0.25, -0.2) is 0 Å². The first kappa shape index (κ1) is 18.5. The van der Waals surface area contributed by atoms with Crippen LogP contribution in [0.1, 0.15) is 17.3 Å². The van der Waals surface area contributed by atoms with E-state index >= 15 is 0 Å². The molecule has 0 bridgehead atoms. The third-order valence-corrected chi connectivity index (χ3v) is 5.00. The van der Waals surface area contributed by atoms with E-state index in [1.54, 1.807) is 37.1 Å². The highest BCUT2D eigenvalue weighted by Crippen LogP contribution is 2.31. The number of ether oxygens (including phenoxy) is 1. The maximum Gasteiger partial charge on any atom is 0.256 e. The largest absolute Gasteiger partial charge is 0.495 e. The van der Waals surface area contributed by atoms with E-state index in [2.05, 4.69) is 0 Å². The summed E-state index contributed by atoms with van der Waals surface area (Å²) < 4.78 is 5.35. The molecule has 1 fully saturated rings. The molecule has 3 rings (SSSR count). The predicted octanol–water partition coefficient (Wildman–Crippen LogP) is 3.88. The van der Waals surface area contributed by atoms with E-state index in [1.165, 1.54) is 11.0 Å². The molecule has 1 saturated heterocycles. The first-order chi connectivity index (χ1) is 12.4. The van der Waals surface area contributed by atoms with Gasteiger partial charge >= 0.3 is 0 Å². The Morgan fingerprint density at radius 1 is 1.15 bits per heavy atom. The number of nitrogens with zero attached hydrogens (tertiary/aromatic N) is 2. The number of halogens is 2. The van der Waals surface area contributed by atoms with E-state index in [4.69, 9.17) is 27.9 Å². The van der Waals surface area contributed by atoms with Crippen molar-refractivity contribution in [3.63, 3.8) is 0 Å². The lowest BCUT2D eigenvalue weighted by Gasteiger charge is -2.39. The topological polar surface area (TPSA) is 49.9 Å². The molecule has 0 spiro atoms. The van der Waals surface area contributed by atoms with Crippen LogP contribution in [0.2, 0.25) is 10.0 Å². The molecule has 2 aromatic rings. The van der Waals surface area contributed by atoms with E-state index < -0.39 is 6.04 Å². The Labute approximate surface area is 162 Å². The Kier molecular flexibility index (Phi) is 5.39. The first-order valence-corrected chi connectivity index (χ1v) is 8.90. The average molecular weight is 393 g/mol. The van der Waals surface area contributed by atoms with Crippen LogP contribution in [-0.2, 0) is 4.79 Å². The molecule has 5 nitrogen and oxygen atoms in total. The fraction of sp³-hybridized carbons (Fsp3) is 0.263. The van der Waals surface area contributed by atoms with Crippen LogP contribution in [0.5, 0.6) is 5.75 Å². The lowest BCUT2D eigenvalue weighted by molar-refractivity contribution is -0.124. The van der Waals surface area contributed by atoms with Crippen molar-refractivity contribution < 1.29 is 14.3 Å². The summed E-state index contributed by atoms with van der Waals surface area (Å²) in [5.74, 6) is 0.167. The number of benzene rings is 2. The molecule has 1 aliphatic heterocycles. The molecular formula is C19H18Cl2N2O3. The van der Waals surface area contributed by atoms with Crippen LogP contribution in [0, 0.1) is 0 Å². The minimum atomic E-state index is -0.618. The Morgan fingerprint density at radius 2 is 1.88 bits per heavy atom. The van der Waals surface area contributed by atoms with Gasteiger partial charge in [-0.3, -0.25) is 9.59 Å². The molecule has 0 aliphatic carbocycles. The molecule has 1 atom stereocenters. The Hall–Kier alpha value is -2.24. The minimum Gasteiger partial charge on any atom is -0.495 e. The Morgan fingerprint density at radius 3 is 2.58 bits per heavy atom. The Bertz CT molecular complexity index is 856. The monoisotopic (exact) mass is 392 g/mol. The van der Waals surface area contributed by atoms with Gasteiger partial charge in [-0.2, -0.15) is 0 Å². The van der Waals surface area contributed by atoms with Crippen molar-refractivity contribution in [3.8, 4) is 5.75 Å². The number of anilines is 1. The summed E-state index contributed by atoms with van der Waals surface area (Å²) in [6.07, 6.45) is 0. The normalized spacial score (nSPS) is 17.4. The standard InChI is InChI=1S/C19H18Cl2N2O3/c1-12-18(24)23(16-5-3-4-6-17(16)26-2)10-9-22(12)19(25)14-8-7-13(20)11-15(14)21/h3-8,11-12H,9-10H2,1-2H3/t12-/m0/s1. The summed E-state index contributed by atoms with van der Waals surface area (Å²) in [5.41, 5.74) is 1.03. The summed E-state index contributed by atoms with van der Waals surface area (Å²) in [6, 6.07) is 11.4. The predicted molar refractivity (Wildman–Crippen MR) is 102 cm³/mol. The molecular weight excluding hydrogens is 375 g/mol. The van der Waals surface area contributed by atoms with Crippen molar-refractivity contribution in [1.29, 1.82) is 0 Å². The second kappa shape index (κ2) is 7.56. The fourth-order valence-corrected chi connectivity index (χ4v) is 3.55. The highest BCUT2D eigenvalue weighted by atomic mass is 35.5. The van der Waals surface area contributed by atoms with Crippen LogP contribution in [0.3, 0.4) is 0 Å². The van der Waals surface area contributed by atoms with Crippen molar-refractivity contribution in [1.82, 2.24) is 4.90 Å². The number of amides is 2. The zero-order valence-electron chi connectivity index (χ0n) is 14.4. The molecule has 7 heteroatoms. The molecule has 0 saturated carbocycles. The van der Waals surface area contributed by atoms with E-state index in [9.17, 15) is 9.59 Å². The van der Waals surface area contributed by atoms with Gasteiger partial charge in [0.1, 0.15) is 11.8 Å². The van der Waals surface area contributed by atoms with Crippen LogP contribution in [-0.4, -0.2) is 43.0 Å². The molecule has 1 heterocycles. The molecule has 26 heavy (non-hydrogen) atoms. The van der Waals surface area contributed by atoms with Crippen LogP contribution in [0.25, 0.3) is 0 Å². The SMILES string of the molecule is COc1ccccc1N1CCN(C(=O)c2ccc(Cl)cc2Cl)[C@@H](C)C1=O. The number of methoxy groups -OCH3 is 1. The number of carbonyl (C=O) groups excluding carboxylic acids is 2. The van der Waals surface area contributed by atoms with Gasteiger partial charge in [0.2, 0.25) is 5.91 Å². The van der Waals surface area contributed by atoms with Crippen LogP contribution >= 0.6 is 23.2 Å². The van der Waals surface area contributed by atoms with E-state index in [1.807, 2.05) is 18.2 Å². The van der Waals surface area contributed by atoms with Gasteiger partial charge in [-0.05, 0) is 37.3 Å². The smallest absolute Gasteiger partial charge is 0.256 e. The molecule has 136 valence electrons. The second-order valence-electron chi connectivity index (χ2n) is 5.96. The average Bonchev–Trinajstić information content (AvgIpc) is 2.63. The lowest BCUT2D eigenvalue weighted by atomic mass is 10.1. The van der Waals surface area contributed by atoms with Gasteiger partial charge < -0.3 is 14.5 Å². The lowest BCUT2D eigenvalue weighted by Crippen LogP contribution is -2.57. The van der Waals surface area contributed by atoms with Gasteiger partial charge in [-0.15, -0.1) is 0 Å². The number of rotatable bonds is 3. The maximum atomic E-state index is 12.9. The molecule has 2 amide bonds. The van der Waals surface area contributed by atoms with Gasteiger partial charge in [0.05, 0.1) is 23.4 Å². The van der Waals surface area contributed by atoms with Gasteiger partial charge in [0.15, 0.2) is 0 Å². The zero-order valence-corrected chi connectivity index (χ0v) is 15.9. The van der Waals surface area contributed by atoms with Crippen molar-refractivity contribution in [2.24, 2.45) is 0 Å². The van der Waals surface area contributed by atoms with Crippen LogP contribution in [0.15, 0.2) is 42.5 Å². The summed E-state index contributed by atoms with van der Waals surface area (Å²) in [4.78, 5) is 28.9. The third kappa shape index (κ3) is 3.37. The van der Waals surface area contributed by atoms with Crippen LogP contribution < -0.4 is 9.64 Å². The molecule has 2 aromatic carbocycles. The van der Waals surface area contributed by atoms with E-state index in [-0.39, 0.29) is 16.8 Å². The quantitative estimate of drug-likeness (QED) is 0.796. The minimum absolute atomic E-state index is 0.167. The van der Waals surface area contributed by atoms with Crippen molar-refractivity contribution >= 4 is 40.7 Å². The molecule has 0 N–H and O–H groups in total. The highest BCUT2D eigenvalue weighted by Gasteiger charge is 2.36. The number of carbonyl (C=O) groups is 2. The number of piperazine rings is 1. The third-order valence-electron chi connectivity index (χ3n) is 4.45. The van der Waals surface area contributed by atoms with Gasteiger partial charge in [0.25, 0.3) is 5.91 Å². The highest BCUT2D eigenvalue weighted by molar-refractivity contribution is 6.36. The summed E-state index contributed by atoms with van der Waals surface area (Å²) in [6.45, 7) is 2.48. The second-order valence-corrected chi connectivity index (χ2v) is 6.80. The van der Waals surface area contributed by atoms with Crippen LogP contribution in [0.4, 0.5) is 5.69 Å². The number of hydrogen-bond acceptors (Lipinski definition) is 3. The maximum absolute atomic E-state index is 12.9. The van der Waals surface area contributed by atoms with Gasteiger partial charge in [0, 0.05) is 18.1 Å². The summed E-state index contributed by atoms with van der Waals surface area (Å²) in [5, 5.41) is 0.728. The van der Waals surface area contributed by atoms with E-state index in [0.29, 0.717) is 35.1 Å².